The van der Waals surface area contributed by atoms with E-state index < -0.39 is 17.8 Å². The molecule has 7 nitrogen and oxygen atoms in total. The number of nitrogens with one attached hydrogen (secondary N) is 2. The summed E-state index contributed by atoms with van der Waals surface area (Å²) in [6, 6.07) is 24.3. The van der Waals surface area contributed by atoms with Crippen LogP contribution in [-0.4, -0.2) is 44.6 Å². The molecule has 0 aliphatic rings. The van der Waals surface area contributed by atoms with Gasteiger partial charge in [0.05, 0.1) is 29.9 Å². The molecular weight excluding hydrogens is 621 g/mol. The lowest BCUT2D eigenvalue weighted by Crippen LogP contribution is -2.51. The molecule has 4 aromatic rings. The van der Waals surface area contributed by atoms with Gasteiger partial charge in [0.1, 0.15) is 0 Å². The molecule has 0 bridgehead atoms. The van der Waals surface area contributed by atoms with Crippen LogP contribution in [-0.2, 0) is 36.9 Å². The monoisotopic (exact) mass is 660 g/mol. The molecular formula is C36H39F3N6OS. The number of alkyl halides is 3. The normalized spacial score (nSPS) is 12.5. The van der Waals surface area contributed by atoms with E-state index in [1.54, 1.807) is 35.6 Å². The summed E-state index contributed by atoms with van der Waals surface area (Å²) < 4.78 is 43.7. The fourth-order valence-corrected chi connectivity index (χ4v) is 5.50. The lowest BCUT2D eigenvalue weighted by atomic mass is 9.97. The Kier molecular flexibility index (Phi) is 12.5. The number of aromatic nitrogens is 2. The Bertz CT molecular complexity index is 1650. The first kappa shape index (κ1) is 35.2. The molecule has 2 N–H and O–H groups in total. The van der Waals surface area contributed by atoms with Gasteiger partial charge in [0, 0.05) is 44.1 Å². The summed E-state index contributed by atoms with van der Waals surface area (Å²) in [6.07, 6.45) is 0.286. The molecule has 1 amide bonds. The molecule has 2 atom stereocenters. The van der Waals surface area contributed by atoms with Crippen LogP contribution in [0.2, 0.25) is 0 Å². The summed E-state index contributed by atoms with van der Waals surface area (Å²) in [4.78, 5) is 19.4. The molecule has 47 heavy (non-hydrogen) atoms. The molecule has 3 aromatic carbocycles. The van der Waals surface area contributed by atoms with Gasteiger partial charge < -0.3 is 20.1 Å². The zero-order valence-electron chi connectivity index (χ0n) is 26.5. The predicted molar refractivity (Wildman–Crippen MR) is 180 cm³/mol. The Balaban J connectivity index is 1.50. The van der Waals surface area contributed by atoms with Crippen molar-refractivity contribution in [3.05, 3.63) is 125 Å². The maximum atomic E-state index is 13.9. The lowest BCUT2D eigenvalue weighted by Gasteiger charge is -2.34. The number of rotatable bonds is 14. The first-order valence-corrected chi connectivity index (χ1v) is 16.0. The number of carbonyl (C=O) groups is 1. The molecule has 1 aromatic heterocycles. The molecule has 0 saturated carbocycles. The molecule has 0 unspecified atom stereocenters. The summed E-state index contributed by atoms with van der Waals surface area (Å²) in [5, 5.41) is 15.8. The first-order valence-electron chi connectivity index (χ1n) is 15.6. The fourth-order valence-electron chi connectivity index (χ4n) is 5.26. The van der Waals surface area contributed by atoms with Crippen molar-refractivity contribution in [1.29, 1.82) is 5.26 Å². The molecule has 0 saturated heterocycles. The molecule has 1 heterocycles. The van der Waals surface area contributed by atoms with Crippen LogP contribution in [0.4, 0.5) is 13.2 Å². The zero-order valence-corrected chi connectivity index (χ0v) is 27.3. The van der Waals surface area contributed by atoms with Crippen LogP contribution in [0.3, 0.4) is 0 Å². The maximum absolute atomic E-state index is 13.9. The molecule has 11 heteroatoms. The molecule has 0 aliphatic carbocycles. The number of halogens is 3. The summed E-state index contributed by atoms with van der Waals surface area (Å²) in [6.45, 7) is 5.15. The standard InChI is InChI=1S/C36H39F3N6OS/c1-3-26(2)33(43-34(46)19-31-21-41-25-45(31)22-29-15-13-28(20-40)14-16-29)24-44(23-30-11-7-8-12-32(30)36(37,38)39)35(47)42-18-17-27-9-5-4-6-10-27/h4-16,21,25-26,33H,3,17-19,22-24H2,1-2H3,(H,42,47)(H,43,46)/t26-,33+/m0/s1. The number of nitriles is 1. The number of imidazole rings is 1. The van der Waals surface area contributed by atoms with Crippen molar-refractivity contribution in [2.75, 3.05) is 13.1 Å². The van der Waals surface area contributed by atoms with Crippen molar-refractivity contribution in [3.63, 3.8) is 0 Å². The van der Waals surface area contributed by atoms with E-state index in [1.807, 2.05) is 60.9 Å². The Morgan fingerprint density at radius 1 is 1.04 bits per heavy atom. The minimum Gasteiger partial charge on any atom is -0.362 e. The molecule has 246 valence electrons. The van der Waals surface area contributed by atoms with Crippen molar-refractivity contribution in [3.8, 4) is 6.07 Å². The maximum Gasteiger partial charge on any atom is 0.416 e. The third-order valence-electron chi connectivity index (χ3n) is 8.17. The Labute approximate surface area is 279 Å². The van der Waals surface area contributed by atoms with Crippen LogP contribution in [0.5, 0.6) is 0 Å². The SMILES string of the molecule is CC[C@H](C)[C@@H](CN(Cc1ccccc1C(F)(F)F)C(=S)NCCc1ccccc1)NC(=O)Cc1cncn1Cc1ccc(C#N)cc1. The quantitative estimate of drug-likeness (QED) is 0.150. The van der Waals surface area contributed by atoms with Gasteiger partial charge in [0.2, 0.25) is 5.91 Å². The van der Waals surface area contributed by atoms with E-state index in [0.29, 0.717) is 35.9 Å². The second-order valence-electron chi connectivity index (χ2n) is 11.6. The summed E-state index contributed by atoms with van der Waals surface area (Å²) in [7, 11) is 0. The number of nitrogens with zero attached hydrogens (tertiary/aromatic N) is 4. The first-order chi connectivity index (χ1) is 22.6. The average Bonchev–Trinajstić information content (AvgIpc) is 3.49. The highest BCUT2D eigenvalue weighted by atomic mass is 32.1. The van der Waals surface area contributed by atoms with Crippen LogP contribution >= 0.6 is 12.2 Å². The minimum atomic E-state index is -4.52. The van der Waals surface area contributed by atoms with E-state index in [9.17, 15) is 18.0 Å². The molecule has 4 rings (SSSR count). The Morgan fingerprint density at radius 2 is 1.74 bits per heavy atom. The predicted octanol–water partition coefficient (Wildman–Crippen LogP) is 6.51. The van der Waals surface area contributed by atoms with Crippen molar-refractivity contribution < 1.29 is 18.0 Å². The highest BCUT2D eigenvalue weighted by molar-refractivity contribution is 7.80. The van der Waals surface area contributed by atoms with Crippen LogP contribution in [0.25, 0.3) is 0 Å². The van der Waals surface area contributed by atoms with Gasteiger partial charge in [-0.15, -0.1) is 0 Å². The van der Waals surface area contributed by atoms with Crippen molar-refractivity contribution >= 4 is 23.2 Å². The van der Waals surface area contributed by atoms with E-state index in [2.05, 4.69) is 21.7 Å². The number of hydrogen-bond acceptors (Lipinski definition) is 4. The van der Waals surface area contributed by atoms with Gasteiger partial charge in [0.25, 0.3) is 0 Å². The van der Waals surface area contributed by atoms with Gasteiger partial charge in [-0.05, 0) is 59.4 Å². The largest absolute Gasteiger partial charge is 0.416 e. The van der Waals surface area contributed by atoms with Crippen molar-refractivity contribution in [2.45, 2.75) is 58.4 Å². The lowest BCUT2D eigenvalue weighted by molar-refractivity contribution is -0.138. The van der Waals surface area contributed by atoms with Gasteiger partial charge in [-0.2, -0.15) is 18.4 Å². The van der Waals surface area contributed by atoms with E-state index >= 15 is 0 Å². The Morgan fingerprint density at radius 3 is 2.43 bits per heavy atom. The second-order valence-corrected chi connectivity index (χ2v) is 11.9. The van der Waals surface area contributed by atoms with Gasteiger partial charge >= 0.3 is 6.18 Å². The molecule has 0 radical (unpaired) electrons. The summed E-state index contributed by atoms with van der Waals surface area (Å²) in [5.74, 6) is -0.217. The zero-order chi connectivity index (χ0) is 33.8. The number of carbonyl (C=O) groups excluding carboxylic acids is 1. The van der Waals surface area contributed by atoms with Crippen LogP contribution in [0.1, 0.15) is 53.8 Å². The van der Waals surface area contributed by atoms with E-state index in [-0.39, 0.29) is 36.9 Å². The topological polar surface area (TPSA) is 86.0 Å². The highest BCUT2D eigenvalue weighted by Gasteiger charge is 2.34. The second kappa shape index (κ2) is 16.7. The van der Waals surface area contributed by atoms with Crippen molar-refractivity contribution in [2.24, 2.45) is 5.92 Å². The number of hydrogen-bond donors (Lipinski definition) is 2. The third-order valence-corrected chi connectivity index (χ3v) is 8.58. The molecule has 0 spiro atoms. The molecule has 0 fully saturated rings. The van der Waals surface area contributed by atoms with Crippen LogP contribution in [0.15, 0.2) is 91.4 Å². The fraction of sp³-hybridized carbons (Fsp3) is 0.333. The average molecular weight is 661 g/mol. The van der Waals surface area contributed by atoms with Gasteiger partial charge in [0.15, 0.2) is 5.11 Å². The number of amides is 1. The van der Waals surface area contributed by atoms with E-state index in [1.165, 1.54) is 12.1 Å². The minimum absolute atomic E-state index is 0.00925. The summed E-state index contributed by atoms with van der Waals surface area (Å²) >= 11 is 5.76. The van der Waals surface area contributed by atoms with Crippen LogP contribution < -0.4 is 10.6 Å². The van der Waals surface area contributed by atoms with E-state index in [0.717, 1.165) is 23.6 Å². The highest BCUT2D eigenvalue weighted by Crippen LogP contribution is 2.32. The number of benzene rings is 3. The Hall–Kier alpha value is -4.69. The smallest absolute Gasteiger partial charge is 0.362 e. The molecule has 0 aliphatic heterocycles. The third kappa shape index (κ3) is 10.4. The van der Waals surface area contributed by atoms with Crippen molar-refractivity contribution in [1.82, 2.24) is 25.1 Å². The van der Waals surface area contributed by atoms with Gasteiger partial charge in [-0.25, -0.2) is 4.98 Å². The summed E-state index contributed by atoms with van der Waals surface area (Å²) in [5.41, 5.74) is 2.75. The van der Waals surface area contributed by atoms with E-state index in [4.69, 9.17) is 17.5 Å². The van der Waals surface area contributed by atoms with Crippen LogP contribution in [0, 0.1) is 17.2 Å². The number of thiocarbonyl (C=S) groups is 1. The van der Waals surface area contributed by atoms with Gasteiger partial charge in [-0.3, -0.25) is 4.79 Å². The van der Waals surface area contributed by atoms with Gasteiger partial charge in [-0.1, -0.05) is 80.9 Å².